The molecule has 0 N–H and O–H groups in total. The first kappa shape index (κ1) is 34.3. The van der Waals surface area contributed by atoms with Crippen LogP contribution in [0.2, 0.25) is 0 Å². The summed E-state index contributed by atoms with van der Waals surface area (Å²) in [6.45, 7) is 23.5. The first-order valence-electron chi connectivity index (χ1n) is 16.3. The molecule has 0 aromatic heterocycles. The van der Waals surface area contributed by atoms with Gasteiger partial charge in [0.25, 0.3) is 0 Å². The third kappa shape index (κ3) is 7.32. The quantitative estimate of drug-likeness (QED) is 0.0901. The van der Waals surface area contributed by atoms with Gasteiger partial charge in [0.2, 0.25) is 0 Å². The normalized spacial score (nSPS) is 12.9. The molecule has 0 nitrogen and oxygen atoms in total. The van der Waals surface area contributed by atoms with Crippen LogP contribution in [0.25, 0.3) is 0 Å². The van der Waals surface area contributed by atoms with Gasteiger partial charge in [0.15, 0.2) is 0 Å². The first-order chi connectivity index (χ1) is 19.3. The fourth-order valence-electron chi connectivity index (χ4n) is 8.29. The van der Waals surface area contributed by atoms with Gasteiger partial charge in [0.1, 0.15) is 0 Å². The van der Waals surface area contributed by atoms with Crippen molar-refractivity contribution in [2.75, 3.05) is 6.16 Å². The number of rotatable bonds is 14. The van der Waals surface area contributed by atoms with Crippen molar-refractivity contribution in [1.29, 1.82) is 0 Å². The van der Waals surface area contributed by atoms with Crippen LogP contribution in [0.3, 0.4) is 0 Å². The van der Waals surface area contributed by atoms with Gasteiger partial charge in [-0.2, -0.15) is 0 Å². The molecule has 0 aliphatic heterocycles. The molecular weight excluding hydrogens is 626 g/mol. The summed E-state index contributed by atoms with van der Waals surface area (Å²) in [6.07, 6.45) is 15.0. The van der Waals surface area contributed by atoms with Gasteiger partial charge in [0, 0.05) is 0 Å². The van der Waals surface area contributed by atoms with Crippen molar-refractivity contribution >= 4 is 42.2 Å². The number of aryl methyl sites for hydroxylation is 9. The Morgan fingerprint density at radius 3 is 0.927 bits per heavy atom. The maximum absolute atomic E-state index is 3.11. The predicted molar refractivity (Wildman–Crippen MR) is 199 cm³/mol. The van der Waals surface area contributed by atoms with Gasteiger partial charge in [0.05, 0.1) is 0 Å². The Labute approximate surface area is 266 Å². The second-order valence-electron chi connectivity index (χ2n) is 13.3. The summed E-state index contributed by atoms with van der Waals surface area (Å²) < 4.78 is -2.92. The second kappa shape index (κ2) is 14.5. The van der Waals surface area contributed by atoms with Crippen LogP contribution in [0.15, 0.2) is 36.4 Å². The van der Waals surface area contributed by atoms with E-state index in [9.17, 15) is 0 Å². The van der Waals surface area contributed by atoms with Crippen molar-refractivity contribution in [2.24, 2.45) is 0 Å². The Morgan fingerprint density at radius 1 is 0.415 bits per heavy atom. The third-order valence-electron chi connectivity index (χ3n) is 9.24. The molecule has 226 valence electrons. The predicted octanol–water partition coefficient (Wildman–Crippen LogP) is 11.6. The number of halogens is 1. The molecule has 0 fully saturated rings. The number of hydrogen-bond acceptors (Lipinski definition) is 0. The van der Waals surface area contributed by atoms with E-state index in [1.165, 1.54) is 120 Å². The standard InChI is InChI=1S/C39H58IP/c1-11-12-13-14-15-16-17-18-19-20-21-41(40,37-31(5)22-28(2)23-32(37)6,38-33(7)24-29(3)25-34(38)8)39-35(9)26-30(4)27-36(39)10/h22-27H,11-21H2,1-10H3. The van der Waals surface area contributed by atoms with E-state index in [0.29, 0.717) is 0 Å². The molecule has 3 aromatic carbocycles. The van der Waals surface area contributed by atoms with Crippen molar-refractivity contribution in [3.05, 3.63) is 86.5 Å². The summed E-state index contributed by atoms with van der Waals surface area (Å²) in [7, 11) is 0. The molecule has 3 rings (SSSR count). The van der Waals surface area contributed by atoms with E-state index in [-0.39, 0.29) is 0 Å². The Hall–Kier alpha value is -1.18. The fraction of sp³-hybridized carbons (Fsp3) is 0.538. The Balaban J connectivity index is 2.22. The van der Waals surface area contributed by atoms with Crippen LogP contribution in [-0.2, 0) is 0 Å². The van der Waals surface area contributed by atoms with Gasteiger partial charge >= 0.3 is 268 Å². The van der Waals surface area contributed by atoms with Gasteiger partial charge in [-0.05, 0) is 0 Å². The Morgan fingerprint density at radius 2 is 0.659 bits per heavy atom. The zero-order valence-electron chi connectivity index (χ0n) is 28.1. The first-order valence-corrected chi connectivity index (χ1v) is 21.5. The summed E-state index contributed by atoms with van der Waals surface area (Å²) in [5, 5.41) is 4.93. The van der Waals surface area contributed by atoms with Crippen LogP contribution in [0.5, 0.6) is 0 Å². The number of benzene rings is 3. The van der Waals surface area contributed by atoms with E-state index in [1.54, 1.807) is 15.9 Å². The van der Waals surface area contributed by atoms with Crippen molar-refractivity contribution < 1.29 is 0 Å². The molecule has 0 atom stereocenters. The molecule has 0 saturated carbocycles. The molecule has 0 radical (unpaired) electrons. The minimum absolute atomic E-state index is 1.24. The molecule has 0 amide bonds. The monoisotopic (exact) mass is 684 g/mol. The van der Waals surface area contributed by atoms with Crippen LogP contribution in [-0.4, -0.2) is 6.16 Å². The molecular formula is C39H58IP. The van der Waals surface area contributed by atoms with E-state index in [1.807, 2.05) is 0 Å². The summed E-state index contributed by atoms with van der Waals surface area (Å²) in [5.41, 5.74) is 13.0. The maximum atomic E-state index is 3.11. The van der Waals surface area contributed by atoms with Gasteiger partial charge in [-0.15, -0.1) is 0 Å². The third-order valence-corrected chi connectivity index (χ3v) is 21.1. The Kier molecular flexibility index (Phi) is 12.2. The average molecular weight is 685 g/mol. The molecule has 0 aliphatic rings. The summed E-state index contributed by atoms with van der Waals surface area (Å²) in [6, 6.07) is 14.7. The van der Waals surface area contributed by atoms with Crippen molar-refractivity contribution in [1.82, 2.24) is 0 Å². The van der Waals surface area contributed by atoms with Crippen LogP contribution in [0.4, 0.5) is 0 Å². The summed E-state index contributed by atoms with van der Waals surface area (Å²) in [5.74, 6) is 0. The molecule has 0 saturated heterocycles. The van der Waals surface area contributed by atoms with E-state index >= 15 is 0 Å². The van der Waals surface area contributed by atoms with Crippen molar-refractivity contribution in [3.8, 4) is 0 Å². The minimum atomic E-state index is -2.92. The van der Waals surface area contributed by atoms with E-state index in [2.05, 4.69) is 128 Å². The number of unbranched alkanes of at least 4 members (excludes halogenated alkanes) is 9. The molecule has 0 aliphatic carbocycles. The molecule has 3 aromatic rings. The van der Waals surface area contributed by atoms with Crippen LogP contribution in [0.1, 0.15) is 121 Å². The average Bonchev–Trinajstić information content (AvgIpc) is 2.83. The zero-order valence-corrected chi connectivity index (χ0v) is 31.1. The molecule has 0 spiro atoms. The van der Waals surface area contributed by atoms with E-state index in [0.717, 1.165) is 0 Å². The topological polar surface area (TPSA) is 0 Å². The van der Waals surface area contributed by atoms with E-state index in [4.69, 9.17) is 0 Å². The zero-order chi connectivity index (χ0) is 30.4. The number of hydrogen-bond donors (Lipinski definition) is 0. The van der Waals surface area contributed by atoms with E-state index < -0.39 is 4.25 Å². The van der Waals surface area contributed by atoms with Gasteiger partial charge < -0.3 is 0 Å². The van der Waals surface area contributed by atoms with Crippen molar-refractivity contribution in [3.63, 3.8) is 0 Å². The molecule has 0 unspecified atom stereocenters. The van der Waals surface area contributed by atoms with Crippen LogP contribution >= 0.6 is 26.3 Å². The van der Waals surface area contributed by atoms with Gasteiger partial charge in [-0.3, -0.25) is 0 Å². The van der Waals surface area contributed by atoms with Gasteiger partial charge in [-0.25, -0.2) is 0 Å². The molecule has 0 heterocycles. The Bertz CT molecular complexity index is 1140. The second-order valence-corrected chi connectivity index (χ2v) is 23.9. The fourth-order valence-corrected chi connectivity index (χ4v) is 23.1. The summed E-state index contributed by atoms with van der Waals surface area (Å²) in [4.78, 5) is 0. The van der Waals surface area contributed by atoms with Crippen LogP contribution in [0, 0.1) is 62.3 Å². The van der Waals surface area contributed by atoms with Crippen LogP contribution < -0.4 is 15.9 Å². The van der Waals surface area contributed by atoms with Crippen molar-refractivity contribution in [2.45, 2.75) is 133 Å². The van der Waals surface area contributed by atoms with Gasteiger partial charge in [-0.1, -0.05) is 0 Å². The molecule has 0 bridgehead atoms. The summed E-state index contributed by atoms with van der Waals surface area (Å²) >= 11 is 3.11. The molecule has 2 heteroatoms. The molecule has 41 heavy (non-hydrogen) atoms. The SMILES string of the molecule is CCCCCCCCCCCCP(I)(c1c(C)cc(C)cc1C)(c1c(C)cc(C)cc1C)c1c(C)cc(C)cc1C.